The van der Waals surface area contributed by atoms with Gasteiger partial charge >= 0.3 is 6.03 Å². The third-order valence-corrected chi connectivity index (χ3v) is 4.07. The standard InChI is InChI=1S/C14H16N4O2S/c19-14(18-5-7-20-8-6-18)16-9-13-17-12(10-21-13)11-1-3-15-4-2-11/h1-4,10H,5-9H2,(H,16,19). The number of hydrogen-bond donors (Lipinski definition) is 1. The molecule has 3 heterocycles. The molecule has 7 heteroatoms. The number of carbonyl (C=O) groups excluding carboxylic acids is 1. The molecule has 0 bridgehead atoms. The summed E-state index contributed by atoms with van der Waals surface area (Å²) in [5, 5.41) is 5.78. The fourth-order valence-electron chi connectivity index (χ4n) is 2.08. The first-order valence-electron chi connectivity index (χ1n) is 6.78. The van der Waals surface area contributed by atoms with E-state index < -0.39 is 0 Å². The van der Waals surface area contributed by atoms with Crippen LogP contribution >= 0.6 is 11.3 Å². The highest BCUT2D eigenvalue weighted by Gasteiger charge is 2.16. The minimum atomic E-state index is -0.0565. The Balaban J connectivity index is 1.56. The topological polar surface area (TPSA) is 67.4 Å². The molecule has 0 radical (unpaired) electrons. The van der Waals surface area contributed by atoms with Crippen molar-refractivity contribution in [1.82, 2.24) is 20.2 Å². The Hall–Kier alpha value is -1.99. The van der Waals surface area contributed by atoms with Crippen molar-refractivity contribution in [3.05, 3.63) is 34.9 Å². The van der Waals surface area contributed by atoms with Gasteiger partial charge in [-0.2, -0.15) is 0 Å². The lowest BCUT2D eigenvalue weighted by Crippen LogP contribution is -2.45. The van der Waals surface area contributed by atoms with Crippen LogP contribution in [0.25, 0.3) is 11.3 Å². The summed E-state index contributed by atoms with van der Waals surface area (Å²) in [6.45, 7) is 2.96. The van der Waals surface area contributed by atoms with E-state index in [0.29, 0.717) is 32.8 Å². The highest BCUT2D eigenvalue weighted by molar-refractivity contribution is 7.09. The van der Waals surface area contributed by atoms with E-state index in [1.165, 1.54) is 0 Å². The first kappa shape index (κ1) is 14.0. The SMILES string of the molecule is O=C(NCc1nc(-c2ccncc2)cs1)N1CCOCC1. The average Bonchev–Trinajstić information content (AvgIpc) is 3.03. The van der Waals surface area contributed by atoms with Crippen LogP contribution in [-0.2, 0) is 11.3 Å². The van der Waals surface area contributed by atoms with Crippen molar-refractivity contribution in [1.29, 1.82) is 0 Å². The number of thiazole rings is 1. The Labute approximate surface area is 126 Å². The van der Waals surface area contributed by atoms with Crippen LogP contribution < -0.4 is 5.32 Å². The second kappa shape index (κ2) is 6.64. The van der Waals surface area contributed by atoms with Crippen LogP contribution in [-0.4, -0.2) is 47.2 Å². The largest absolute Gasteiger partial charge is 0.378 e. The van der Waals surface area contributed by atoms with E-state index in [0.717, 1.165) is 16.3 Å². The van der Waals surface area contributed by atoms with Gasteiger partial charge in [0.1, 0.15) is 5.01 Å². The van der Waals surface area contributed by atoms with Crippen LogP contribution in [0.1, 0.15) is 5.01 Å². The Bertz CT molecular complexity index is 596. The Morgan fingerprint density at radius 3 is 2.86 bits per heavy atom. The number of hydrogen-bond acceptors (Lipinski definition) is 5. The lowest BCUT2D eigenvalue weighted by Gasteiger charge is -2.26. The molecule has 2 aromatic heterocycles. The van der Waals surface area contributed by atoms with E-state index in [4.69, 9.17) is 4.74 Å². The zero-order chi connectivity index (χ0) is 14.5. The van der Waals surface area contributed by atoms with Crippen molar-refractivity contribution in [2.24, 2.45) is 0 Å². The zero-order valence-corrected chi connectivity index (χ0v) is 12.3. The number of aromatic nitrogens is 2. The number of urea groups is 1. The molecule has 3 rings (SSSR count). The van der Waals surface area contributed by atoms with Crippen LogP contribution in [0, 0.1) is 0 Å². The molecule has 1 saturated heterocycles. The number of amides is 2. The Morgan fingerprint density at radius 2 is 2.10 bits per heavy atom. The van der Waals surface area contributed by atoms with Crippen molar-refractivity contribution >= 4 is 17.4 Å². The smallest absolute Gasteiger partial charge is 0.317 e. The number of carbonyl (C=O) groups is 1. The van der Waals surface area contributed by atoms with Gasteiger partial charge in [-0.3, -0.25) is 4.98 Å². The van der Waals surface area contributed by atoms with E-state index in [1.54, 1.807) is 28.6 Å². The lowest BCUT2D eigenvalue weighted by atomic mass is 10.2. The van der Waals surface area contributed by atoms with Gasteiger partial charge < -0.3 is 15.0 Å². The maximum atomic E-state index is 12.0. The van der Waals surface area contributed by atoms with Crippen molar-refractivity contribution in [3.63, 3.8) is 0 Å². The third kappa shape index (κ3) is 3.56. The Morgan fingerprint density at radius 1 is 1.33 bits per heavy atom. The molecule has 1 N–H and O–H groups in total. The predicted octanol–water partition coefficient (Wildman–Crippen LogP) is 1.75. The molecule has 0 saturated carbocycles. The normalized spacial score (nSPS) is 15.0. The molecule has 21 heavy (non-hydrogen) atoms. The van der Waals surface area contributed by atoms with Crippen molar-refractivity contribution < 1.29 is 9.53 Å². The molecule has 0 atom stereocenters. The van der Waals surface area contributed by atoms with E-state index in [9.17, 15) is 4.79 Å². The van der Waals surface area contributed by atoms with E-state index in [2.05, 4.69) is 15.3 Å². The second-order valence-corrected chi connectivity index (χ2v) is 5.56. The molecule has 6 nitrogen and oxygen atoms in total. The summed E-state index contributed by atoms with van der Waals surface area (Å²) >= 11 is 1.54. The first-order valence-corrected chi connectivity index (χ1v) is 7.66. The number of morpholine rings is 1. The summed E-state index contributed by atoms with van der Waals surface area (Å²) in [6.07, 6.45) is 3.49. The molecule has 0 aromatic carbocycles. The summed E-state index contributed by atoms with van der Waals surface area (Å²) in [5.74, 6) is 0. The third-order valence-electron chi connectivity index (χ3n) is 3.22. The molecular formula is C14H16N4O2S. The summed E-state index contributed by atoms with van der Waals surface area (Å²) in [4.78, 5) is 22.3. The predicted molar refractivity (Wildman–Crippen MR) is 80.0 cm³/mol. The van der Waals surface area contributed by atoms with E-state index in [-0.39, 0.29) is 6.03 Å². The summed E-state index contributed by atoms with van der Waals surface area (Å²) < 4.78 is 5.23. The molecular weight excluding hydrogens is 288 g/mol. The molecule has 110 valence electrons. The van der Waals surface area contributed by atoms with Crippen molar-refractivity contribution in [2.75, 3.05) is 26.3 Å². The highest BCUT2D eigenvalue weighted by Crippen LogP contribution is 2.20. The maximum Gasteiger partial charge on any atom is 0.317 e. The number of pyridine rings is 1. The summed E-state index contributed by atoms with van der Waals surface area (Å²) in [6, 6.07) is 3.79. The fourth-order valence-corrected chi connectivity index (χ4v) is 2.82. The summed E-state index contributed by atoms with van der Waals surface area (Å²) in [5.41, 5.74) is 1.95. The molecule has 1 aliphatic heterocycles. The fraction of sp³-hybridized carbons (Fsp3) is 0.357. The van der Waals surface area contributed by atoms with Gasteiger partial charge in [-0.05, 0) is 12.1 Å². The molecule has 1 fully saturated rings. The van der Waals surface area contributed by atoms with Crippen LogP contribution in [0.2, 0.25) is 0 Å². The van der Waals surface area contributed by atoms with Crippen molar-refractivity contribution in [2.45, 2.75) is 6.54 Å². The minimum absolute atomic E-state index is 0.0565. The van der Waals surface area contributed by atoms with Gasteiger partial charge in [-0.15, -0.1) is 11.3 Å². The van der Waals surface area contributed by atoms with Gasteiger partial charge in [0.05, 0.1) is 25.5 Å². The monoisotopic (exact) mass is 304 g/mol. The van der Waals surface area contributed by atoms with Gasteiger partial charge in [0.2, 0.25) is 0 Å². The second-order valence-electron chi connectivity index (χ2n) is 4.62. The quantitative estimate of drug-likeness (QED) is 0.938. The highest BCUT2D eigenvalue weighted by atomic mass is 32.1. The van der Waals surface area contributed by atoms with Crippen molar-refractivity contribution in [3.8, 4) is 11.3 Å². The maximum absolute atomic E-state index is 12.0. The number of ether oxygens (including phenoxy) is 1. The van der Waals surface area contributed by atoms with Crippen LogP contribution in [0.15, 0.2) is 29.9 Å². The van der Waals surface area contributed by atoms with Crippen LogP contribution in [0.5, 0.6) is 0 Å². The van der Waals surface area contributed by atoms with Gasteiger partial charge in [0.25, 0.3) is 0 Å². The summed E-state index contributed by atoms with van der Waals surface area (Å²) in [7, 11) is 0. The van der Waals surface area contributed by atoms with Gasteiger partial charge in [0.15, 0.2) is 0 Å². The number of nitrogens with zero attached hydrogens (tertiary/aromatic N) is 3. The van der Waals surface area contributed by atoms with Gasteiger partial charge in [-0.1, -0.05) is 0 Å². The molecule has 0 spiro atoms. The van der Waals surface area contributed by atoms with E-state index in [1.807, 2.05) is 17.5 Å². The number of nitrogens with one attached hydrogen (secondary N) is 1. The average molecular weight is 304 g/mol. The lowest BCUT2D eigenvalue weighted by molar-refractivity contribution is 0.0531. The zero-order valence-electron chi connectivity index (χ0n) is 11.5. The van der Waals surface area contributed by atoms with Gasteiger partial charge in [0, 0.05) is 36.4 Å². The van der Waals surface area contributed by atoms with E-state index >= 15 is 0 Å². The van der Waals surface area contributed by atoms with Crippen LogP contribution in [0.3, 0.4) is 0 Å². The molecule has 2 amide bonds. The molecule has 0 aliphatic carbocycles. The molecule has 0 unspecified atom stereocenters. The first-order chi connectivity index (χ1) is 10.3. The Kier molecular flexibility index (Phi) is 4.42. The minimum Gasteiger partial charge on any atom is -0.378 e. The van der Waals surface area contributed by atoms with Gasteiger partial charge in [-0.25, -0.2) is 9.78 Å². The molecule has 2 aromatic rings. The number of rotatable bonds is 3. The van der Waals surface area contributed by atoms with Crippen LogP contribution in [0.4, 0.5) is 4.79 Å². The molecule has 1 aliphatic rings.